The van der Waals surface area contributed by atoms with Crippen molar-refractivity contribution in [3.63, 3.8) is 0 Å². The lowest BCUT2D eigenvalue weighted by molar-refractivity contribution is -0.132. The topological polar surface area (TPSA) is 125 Å². The maximum absolute atomic E-state index is 15.1. The lowest BCUT2D eigenvalue weighted by atomic mass is 9.85. The van der Waals surface area contributed by atoms with E-state index in [-0.39, 0.29) is 30.3 Å². The zero-order chi connectivity index (χ0) is 35.3. The van der Waals surface area contributed by atoms with E-state index in [2.05, 4.69) is 30.2 Å². The number of pyridine rings is 1. The molecule has 1 atom stereocenters. The fourth-order valence-corrected chi connectivity index (χ4v) is 7.58. The van der Waals surface area contributed by atoms with Crippen molar-refractivity contribution in [1.82, 2.24) is 39.7 Å². The average Bonchev–Trinajstić information content (AvgIpc) is 3.92. The van der Waals surface area contributed by atoms with Crippen molar-refractivity contribution in [3.05, 3.63) is 78.5 Å². The molecule has 2 amide bonds. The number of H-pyrrole nitrogens is 1. The van der Waals surface area contributed by atoms with Gasteiger partial charge in [0.1, 0.15) is 17.8 Å². The number of aromatic nitrogens is 6. The van der Waals surface area contributed by atoms with Crippen LogP contribution in [0.1, 0.15) is 38.7 Å². The van der Waals surface area contributed by atoms with Gasteiger partial charge in [-0.3, -0.25) is 24.3 Å². The van der Waals surface area contributed by atoms with Gasteiger partial charge in [0, 0.05) is 73.3 Å². The number of fused-ring (bicyclic) bond motifs is 1. The molecule has 3 aliphatic rings. The van der Waals surface area contributed by atoms with E-state index in [0.717, 1.165) is 46.3 Å². The maximum Gasteiger partial charge on any atom is 0.237 e. The van der Waals surface area contributed by atoms with Crippen molar-refractivity contribution >= 4 is 34.0 Å². The molecular formula is C38H40FN9O3. The molecule has 12 nitrogen and oxygen atoms in total. The minimum absolute atomic E-state index is 0.0259. The Hall–Kier alpha value is -5.43. The van der Waals surface area contributed by atoms with Crippen LogP contribution >= 0.6 is 0 Å². The van der Waals surface area contributed by atoms with E-state index in [1.54, 1.807) is 30.3 Å². The van der Waals surface area contributed by atoms with Crippen LogP contribution in [0.5, 0.6) is 5.88 Å². The number of anilines is 1. The van der Waals surface area contributed by atoms with E-state index in [9.17, 15) is 9.59 Å². The zero-order valence-electron chi connectivity index (χ0n) is 29.0. The lowest BCUT2D eigenvalue weighted by Crippen LogP contribution is -2.43. The minimum Gasteiger partial charge on any atom is -0.475 e. The number of aromatic amines is 1. The maximum atomic E-state index is 15.1. The summed E-state index contributed by atoms with van der Waals surface area (Å²) in [6.07, 6.45) is 7.34. The summed E-state index contributed by atoms with van der Waals surface area (Å²) in [7, 11) is 1.77. The largest absolute Gasteiger partial charge is 0.475 e. The molecular weight excluding hydrogens is 649 g/mol. The molecule has 6 heterocycles. The Balaban J connectivity index is 0.895. The van der Waals surface area contributed by atoms with E-state index in [0.29, 0.717) is 62.0 Å². The fraction of sp³-hybridized carbons (Fsp3) is 0.368. The number of carbonyl (C=O) groups excluding carboxylic acids is 2. The fourth-order valence-electron chi connectivity index (χ4n) is 7.58. The van der Waals surface area contributed by atoms with Crippen LogP contribution in [-0.2, 0) is 16.6 Å². The summed E-state index contributed by atoms with van der Waals surface area (Å²) in [4.78, 5) is 41.9. The number of nitrogens with one attached hydrogen (secondary N) is 1. The van der Waals surface area contributed by atoms with Crippen LogP contribution in [0.15, 0.2) is 67.1 Å². The number of amides is 2. The predicted molar refractivity (Wildman–Crippen MR) is 191 cm³/mol. The van der Waals surface area contributed by atoms with Crippen molar-refractivity contribution in [1.29, 1.82) is 0 Å². The third kappa shape index (κ3) is 6.26. The highest BCUT2D eigenvalue weighted by Crippen LogP contribution is 2.43. The normalized spacial score (nSPS) is 19.5. The van der Waals surface area contributed by atoms with Gasteiger partial charge in [0.25, 0.3) is 0 Å². The molecule has 2 saturated heterocycles. The third-order valence-electron chi connectivity index (χ3n) is 10.3. The van der Waals surface area contributed by atoms with Gasteiger partial charge in [-0.05, 0) is 75.6 Å². The van der Waals surface area contributed by atoms with Gasteiger partial charge in [-0.1, -0.05) is 18.2 Å². The second-order valence-electron chi connectivity index (χ2n) is 14.1. The summed E-state index contributed by atoms with van der Waals surface area (Å²) < 4.78 is 22.4. The summed E-state index contributed by atoms with van der Waals surface area (Å²) in [6, 6.07) is 14.8. The predicted octanol–water partition coefficient (Wildman–Crippen LogP) is 5.09. The molecule has 5 aromatic rings. The number of ether oxygens (including phenoxy) is 1. The first-order valence-corrected chi connectivity index (χ1v) is 17.4. The van der Waals surface area contributed by atoms with E-state index in [1.165, 1.54) is 6.07 Å². The average molecular weight is 690 g/mol. The molecule has 1 unspecified atom stereocenters. The monoisotopic (exact) mass is 689 g/mol. The lowest BCUT2D eigenvalue weighted by Gasteiger charge is -2.29. The van der Waals surface area contributed by atoms with Crippen molar-refractivity contribution in [2.75, 3.05) is 44.2 Å². The smallest absolute Gasteiger partial charge is 0.237 e. The molecule has 2 fully saturated rings. The Morgan fingerprint density at radius 1 is 1.04 bits per heavy atom. The van der Waals surface area contributed by atoms with Gasteiger partial charge < -0.3 is 14.5 Å². The van der Waals surface area contributed by atoms with E-state index < -0.39 is 5.41 Å². The molecule has 13 heteroatoms. The quantitative estimate of drug-likeness (QED) is 0.239. The molecule has 3 aliphatic heterocycles. The number of benzene rings is 2. The molecule has 0 radical (unpaired) electrons. The van der Waals surface area contributed by atoms with Crippen LogP contribution in [0.3, 0.4) is 0 Å². The van der Waals surface area contributed by atoms with E-state index in [4.69, 9.17) is 4.74 Å². The summed E-state index contributed by atoms with van der Waals surface area (Å²) in [5, 5.41) is 12.8. The van der Waals surface area contributed by atoms with Crippen molar-refractivity contribution in [3.8, 4) is 28.5 Å². The van der Waals surface area contributed by atoms with Gasteiger partial charge in [-0.2, -0.15) is 10.2 Å². The molecule has 1 N–H and O–H groups in total. The number of aryl methyl sites for hydroxylation is 1. The number of nitrogens with zero attached hydrogens (tertiary/aromatic N) is 8. The van der Waals surface area contributed by atoms with E-state index >= 15 is 4.39 Å². The Morgan fingerprint density at radius 3 is 2.61 bits per heavy atom. The molecule has 0 bridgehead atoms. The van der Waals surface area contributed by atoms with Crippen molar-refractivity contribution < 1.29 is 18.7 Å². The van der Waals surface area contributed by atoms with Crippen LogP contribution in [-0.4, -0.2) is 96.9 Å². The van der Waals surface area contributed by atoms with Gasteiger partial charge in [0.05, 0.1) is 23.6 Å². The Labute approximate surface area is 294 Å². The molecule has 0 saturated carbocycles. The van der Waals surface area contributed by atoms with Crippen LogP contribution in [0, 0.1) is 11.2 Å². The van der Waals surface area contributed by atoms with Crippen LogP contribution in [0.2, 0.25) is 0 Å². The van der Waals surface area contributed by atoms with Crippen molar-refractivity contribution in [2.45, 2.75) is 39.2 Å². The first-order chi connectivity index (χ1) is 24.7. The number of halogens is 1. The minimum atomic E-state index is -0.506. The number of hydrogen-bond acceptors (Lipinski definition) is 8. The van der Waals surface area contributed by atoms with Gasteiger partial charge in [-0.15, -0.1) is 0 Å². The molecule has 1 spiro atoms. The van der Waals surface area contributed by atoms with Crippen LogP contribution < -0.4 is 9.64 Å². The first-order valence-electron chi connectivity index (χ1n) is 17.4. The second-order valence-corrected chi connectivity index (χ2v) is 14.1. The van der Waals surface area contributed by atoms with Crippen LogP contribution in [0.25, 0.3) is 39.1 Å². The first kappa shape index (κ1) is 32.8. The number of rotatable bonds is 8. The number of likely N-dealkylation sites (tertiary alicyclic amines) is 1. The zero-order valence-corrected chi connectivity index (χ0v) is 29.0. The molecule has 51 heavy (non-hydrogen) atoms. The SMILES string of the molecule is CC(C)Oc1ccc(-c2n[nH]c3ccc(N4CCC5(CCN(CC(=O)N6CC=C(c7ccc(-c8ncn(C)n8)cc7F)CC6)C5)C4=O)cc23)cn1. The molecule has 3 aromatic heterocycles. The third-order valence-corrected chi connectivity index (χ3v) is 10.3. The number of carbonyl (C=O) groups is 2. The van der Waals surface area contributed by atoms with Gasteiger partial charge in [0.15, 0.2) is 5.82 Å². The molecule has 8 rings (SSSR count). The highest BCUT2D eigenvalue weighted by Gasteiger charge is 2.51. The highest BCUT2D eigenvalue weighted by atomic mass is 19.1. The van der Waals surface area contributed by atoms with Crippen molar-refractivity contribution in [2.24, 2.45) is 12.5 Å². The van der Waals surface area contributed by atoms with Gasteiger partial charge in [0.2, 0.25) is 17.7 Å². The Morgan fingerprint density at radius 2 is 1.88 bits per heavy atom. The molecule has 262 valence electrons. The Bertz CT molecular complexity index is 2160. The summed E-state index contributed by atoms with van der Waals surface area (Å²) in [5.74, 6) is 0.847. The van der Waals surface area contributed by atoms with E-state index in [1.807, 2.05) is 66.1 Å². The standard InChI is InChI=1S/C38H40FN9O3/c1-24(2)51-33-9-5-27(20-40-33)35-30-19-28(6-8-32(30)42-43-35)48-17-13-38(37(48)50)12-16-46(22-38)21-34(49)47-14-10-25(11-15-47)29-7-4-26(18-31(29)39)36-41-23-45(3)44-36/h4-10,18-20,23-24H,11-17,21-22H2,1-3H3,(H,42,43). The van der Waals surface area contributed by atoms with Gasteiger partial charge in [-0.25, -0.2) is 14.4 Å². The summed E-state index contributed by atoms with van der Waals surface area (Å²) in [5.41, 5.74) is 4.89. The summed E-state index contributed by atoms with van der Waals surface area (Å²) >= 11 is 0. The molecule has 0 aliphatic carbocycles. The highest BCUT2D eigenvalue weighted by molar-refractivity contribution is 6.03. The Kier molecular flexibility index (Phi) is 8.37. The second kappa shape index (κ2) is 13.0. The summed E-state index contributed by atoms with van der Waals surface area (Å²) in [6.45, 7) is 7.00. The molecule has 2 aromatic carbocycles. The number of hydrogen-bond donors (Lipinski definition) is 1. The van der Waals surface area contributed by atoms with Crippen LogP contribution in [0.4, 0.5) is 10.1 Å². The van der Waals surface area contributed by atoms with Gasteiger partial charge >= 0.3 is 0 Å².